The highest BCUT2D eigenvalue weighted by Gasteiger charge is 2.42. The van der Waals surface area contributed by atoms with Crippen molar-refractivity contribution in [3.8, 4) is 0 Å². The second-order valence-corrected chi connectivity index (χ2v) is 7.89. The molecule has 0 saturated carbocycles. The van der Waals surface area contributed by atoms with Crippen LogP contribution in [0, 0.1) is 5.82 Å². The SMILES string of the molecule is COC[N+]1(c2ccc(F)cc2)CCN(c2ccc(C(=O)O)cc2)c2cc3[nH]ncc3cc21. The van der Waals surface area contributed by atoms with Crippen molar-refractivity contribution in [3.63, 3.8) is 0 Å². The number of halogens is 1. The number of ether oxygens (including phenoxy) is 1. The molecule has 32 heavy (non-hydrogen) atoms. The van der Waals surface area contributed by atoms with E-state index in [0.717, 1.165) is 33.7 Å². The van der Waals surface area contributed by atoms with Gasteiger partial charge < -0.3 is 14.7 Å². The molecule has 5 rings (SSSR count). The second-order valence-electron chi connectivity index (χ2n) is 7.89. The lowest BCUT2D eigenvalue weighted by Gasteiger charge is -2.44. The molecular weight excluding hydrogens is 411 g/mol. The molecule has 2 heterocycles. The highest BCUT2D eigenvalue weighted by atomic mass is 19.1. The number of quaternary nitrogens is 1. The van der Waals surface area contributed by atoms with Gasteiger partial charge >= 0.3 is 5.97 Å². The van der Waals surface area contributed by atoms with Gasteiger partial charge in [0.05, 0.1) is 23.8 Å². The topological polar surface area (TPSA) is 78.5 Å². The maximum atomic E-state index is 13.7. The Morgan fingerprint density at radius 3 is 2.62 bits per heavy atom. The van der Waals surface area contributed by atoms with Gasteiger partial charge in [0.1, 0.15) is 23.7 Å². The standard InChI is InChI=1S/C24H21FN4O3/c1-32-15-29(20-8-4-18(25)5-9-20)11-10-28(19-6-2-16(3-7-19)24(30)31)22-13-21-17(12-23(22)29)14-26-27-21/h2-9,12-14H,10-11,15H2,1H3,(H-,26,27,30,31)/p+1. The lowest BCUT2D eigenvalue weighted by Crippen LogP contribution is -2.53. The van der Waals surface area contributed by atoms with Crippen molar-refractivity contribution in [2.75, 3.05) is 31.8 Å². The van der Waals surface area contributed by atoms with Crippen LogP contribution in [0.4, 0.5) is 27.1 Å². The fourth-order valence-electron chi connectivity index (χ4n) is 4.51. The number of aromatic nitrogens is 2. The predicted octanol–water partition coefficient (Wildman–Crippen LogP) is 4.79. The average molecular weight is 433 g/mol. The number of H-pyrrole nitrogens is 1. The summed E-state index contributed by atoms with van der Waals surface area (Å²) >= 11 is 0. The van der Waals surface area contributed by atoms with E-state index in [0.29, 0.717) is 24.3 Å². The first-order valence-electron chi connectivity index (χ1n) is 10.2. The van der Waals surface area contributed by atoms with Crippen LogP contribution in [0.5, 0.6) is 0 Å². The van der Waals surface area contributed by atoms with Gasteiger partial charge in [0.25, 0.3) is 0 Å². The van der Waals surface area contributed by atoms with Crippen molar-refractivity contribution in [1.82, 2.24) is 14.7 Å². The van der Waals surface area contributed by atoms with Gasteiger partial charge in [0.2, 0.25) is 0 Å². The molecular formula is C24H22FN4O3+. The summed E-state index contributed by atoms with van der Waals surface area (Å²) < 4.78 is 19.8. The monoisotopic (exact) mass is 433 g/mol. The van der Waals surface area contributed by atoms with Crippen LogP contribution in [0.25, 0.3) is 10.9 Å². The molecule has 7 nitrogen and oxygen atoms in total. The number of hydrogen-bond acceptors (Lipinski definition) is 4. The smallest absolute Gasteiger partial charge is 0.335 e. The summed E-state index contributed by atoms with van der Waals surface area (Å²) in [6.45, 7) is 1.71. The molecule has 0 bridgehead atoms. The zero-order chi connectivity index (χ0) is 22.3. The minimum absolute atomic E-state index is 0.242. The Morgan fingerprint density at radius 2 is 1.94 bits per heavy atom. The number of aromatic amines is 1. The van der Waals surface area contributed by atoms with Gasteiger partial charge in [-0.2, -0.15) is 5.10 Å². The number of aromatic carboxylic acids is 1. The average Bonchev–Trinajstić information content (AvgIpc) is 3.26. The van der Waals surface area contributed by atoms with Gasteiger partial charge in [-0.25, -0.2) is 13.7 Å². The molecule has 1 atom stereocenters. The minimum atomic E-state index is -0.957. The van der Waals surface area contributed by atoms with Crippen LogP contribution in [0.3, 0.4) is 0 Å². The third-order valence-corrected chi connectivity index (χ3v) is 6.09. The lowest BCUT2D eigenvalue weighted by atomic mass is 10.0. The van der Waals surface area contributed by atoms with Crippen LogP contribution in [-0.4, -0.2) is 48.2 Å². The molecule has 3 aromatic carbocycles. The lowest BCUT2D eigenvalue weighted by molar-refractivity contribution is 0.0697. The normalized spacial score (nSPS) is 18.0. The van der Waals surface area contributed by atoms with E-state index in [2.05, 4.69) is 21.2 Å². The Balaban J connectivity index is 1.71. The van der Waals surface area contributed by atoms with Crippen LogP contribution < -0.4 is 9.38 Å². The third kappa shape index (κ3) is 3.21. The van der Waals surface area contributed by atoms with Crippen molar-refractivity contribution in [2.45, 2.75) is 0 Å². The van der Waals surface area contributed by atoms with Gasteiger partial charge in [-0.1, -0.05) is 0 Å². The molecule has 0 amide bonds. The highest BCUT2D eigenvalue weighted by Crippen LogP contribution is 2.48. The fraction of sp³-hybridized carbons (Fsp3) is 0.167. The number of rotatable bonds is 5. The number of methoxy groups -OCH3 is 1. The van der Waals surface area contributed by atoms with E-state index in [4.69, 9.17) is 4.74 Å². The summed E-state index contributed by atoms with van der Waals surface area (Å²) in [5, 5.41) is 17.4. The van der Waals surface area contributed by atoms with E-state index in [9.17, 15) is 14.3 Å². The molecule has 0 saturated heterocycles. The van der Waals surface area contributed by atoms with Gasteiger partial charge in [-0.3, -0.25) is 5.10 Å². The van der Waals surface area contributed by atoms with Crippen molar-refractivity contribution < 1.29 is 19.0 Å². The fourth-order valence-corrected chi connectivity index (χ4v) is 4.51. The summed E-state index contributed by atoms with van der Waals surface area (Å²) in [6, 6.07) is 17.5. The molecule has 162 valence electrons. The maximum Gasteiger partial charge on any atom is 0.335 e. The van der Waals surface area contributed by atoms with Crippen molar-refractivity contribution >= 4 is 39.6 Å². The van der Waals surface area contributed by atoms with E-state index in [1.54, 1.807) is 37.6 Å². The van der Waals surface area contributed by atoms with E-state index in [1.807, 2.05) is 18.2 Å². The molecule has 8 heteroatoms. The van der Waals surface area contributed by atoms with Gasteiger partial charge in [-0.05, 0) is 42.5 Å². The Hall–Kier alpha value is -3.75. The van der Waals surface area contributed by atoms with E-state index in [-0.39, 0.29) is 11.4 Å². The zero-order valence-corrected chi connectivity index (χ0v) is 17.5. The molecule has 2 N–H and O–H groups in total. The summed E-state index contributed by atoms with van der Waals surface area (Å²) in [7, 11) is 1.66. The number of hydrogen-bond donors (Lipinski definition) is 2. The molecule has 1 aromatic heterocycles. The van der Waals surface area contributed by atoms with Gasteiger partial charge in [-0.15, -0.1) is 0 Å². The molecule has 1 aliphatic rings. The van der Waals surface area contributed by atoms with Crippen LogP contribution in [0.15, 0.2) is 66.9 Å². The van der Waals surface area contributed by atoms with Crippen molar-refractivity contribution in [1.29, 1.82) is 0 Å². The number of benzene rings is 3. The number of carboxylic acids is 1. The number of fused-ring (bicyclic) bond motifs is 2. The predicted molar refractivity (Wildman–Crippen MR) is 121 cm³/mol. The first-order valence-corrected chi connectivity index (χ1v) is 10.2. The number of anilines is 2. The van der Waals surface area contributed by atoms with Crippen molar-refractivity contribution in [2.24, 2.45) is 0 Å². The third-order valence-electron chi connectivity index (χ3n) is 6.09. The van der Waals surface area contributed by atoms with E-state index in [1.165, 1.54) is 12.1 Å². The number of carboxylic acid groups (broad SMARTS) is 1. The number of carbonyl (C=O) groups is 1. The summed E-state index contributed by atoms with van der Waals surface area (Å²) in [5.74, 6) is -1.24. The Kier molecular flexibility index (Phi) is 4.88. The van der Waals surface area contributed by atoms with Crippen LogP contribution in [-0.2, 0) is 4.74 Å². The maximum absolute atomic E-state index is 13.7. The quantitative estimate of drug-likeness (QED) is 0.442. The molecule has 0 spiro atoms. The molecule has 4 aromatic rings. The Labute approximate surface area is 183 Å². The Bertz CT molecular complexity index is 1290. The van der Waals surface area contributed by atoms with Crippen LogP contribution in [0.2, 0.25) is 0 Å². The largest absolute Gasteiger partial charge is 0.478 e. The molecule has 1 aliphatic heterocycles. The molecule has 0 fully saturated rings. The summed E-state index contributed by atoms with van der Waals surface area (Å²) in [6.07, 6.45) is 1.78. The second kappa shape index (κ2) is 7.74. The molecule has 0 radical (unpaired) electrons. The zero-order valence-electron chi connectivity index (χ0n) is 17.5. The first kappa shape index (κ1) is 20.2. The Morgan fingerprint density at radius 1 is 1.19 bits per heavy atom. The van der Waals surface area contributed by atoms with E-state index >= 15 is 0 Å². The minimum Gasteiger partial charge on any atom is -0.478 e. The molecule has 1 unspecified atom stereocenters. The first-order chi connectivity index (χ1) is 15.5. The molecule has 0 aliphatic carbocycles. The van der Waals surface area contributed by atoms with Gasteiger partial charge in [0, 0.05) is 36.4 Å². The van der Waals surface area contributed by atoms with Gasteiger partial charge in [0.15, 0.2) is 12.4 Å². The van der Waals surface area contributed by atoms with Crippen LogP contribution >= 0.6 is 0 Å². The highest BCUT2D eigenvalue weighted by molar-refractivity contribution is 5.94. The number of nitrogens with zero attached hydrogens (tertiary/aromatic N) is 3. The van der Waals surface area contributed by atoms with E-state index < -0.39 is 5.97 Å². The number of nitrogens with one attached hydrogen (secondary N) is 1. The van der Waals surface area contributed by atoms with Crippen molar-refractivity contribution in [3.05, 3.63) is 78.2 Å². The summed E-state index contributed by atoms with van der Waals surface area (Å²) in [5.41, 5.74) is 4.92. The van der Waals surface area contributed by atoms with Crippen LogP contribution in [0.1, 0.15) is 10.4 Å². The summed E-state index contributed by atoms with van der Waals surface area (Å²) in [4.78, 5) is 13.4.